The van der Waals surface area contributed by atoms with Gasteiger partial charge >= 0.3 is 0 Å². The van der Waals surface area contributed by atoms with E-state index in [9.17, 15) is 4.79 Å². The third-order valence-electron chi connectivity index (χ3n) is 4.56. The van der Waals surface area contributed by atoms with Crippen molar-refractivity contribution in [2.45, 2.75) is 13.0 Å². The number of methoxy groups -OCH3 is 1. The Morgan fingerprint density at radius 3 is 2.46 bits per heavy atom. The van der Waals surface area contributed by atoms with Crippen molar-refractivity contribution in [1.82, 2.24) is 10.2 Å². The first-order chi connectivity index (χ1) is 13.2. The Kier molecular flexibility index (Phi) is 8.42. The molecular weight excluding hydrogens is 380 g/mol. The first-order valence-corrected chi connectivity index (χ1v) is 9.21. The molecule has 152 valence electrons. The van der Waals surface area contributed by atoms with E-state index < -0.39 is 0 Å². The molecule has 1 amide bonds. The lowest BCUT2D eigenvalue weighted by Crippen LogP contribution is -2.50. The predicted octanol–water partition coefficient (Wildman–Crippen LogP) is 3.07. The van der Waals surface area contributed by atoms with Gasteiger partial charge in [-0.05, 0) is 37.3 Å². The quantitative estimate of drug-likeness (QED) is 0.765. The van der Waals surface area contributed by atoms with Crippen LogP contribution in [0.15, 0.2) is 48.5 Å². The molecule has 1 aliphatic heterocycles. The lowest BCUT2D eigenvalue weighted by Gasteiger charge is -2.37. The molecule has 1 heterocycles. The molecule has 6 nitrogen and oxygen atoms in total. The van der Waals surface area contributed by atoms with E-state index in [4.69, 9.17) is 14.2 Å². The van der Waals surface area contributed by atoms with E-state index in [-0.39, 0.29) is 31.0 Å². The van der Waals surface area contributed by atoms with Crippen molar-refractivity contribution < 1.29 is 19.0 Å². The largest absolute Gasteiger partial charge is 0.496 e. The number of hydrogen-bond acceptors (Lipinski definition) is 5. The summed E-state index contributed by atoms with van der Waals surface area (Å²) in [5.41, 5.74) is 1.00. The van der Waals surface area contributed by atoms with E-state index in [1.807, 2.05) is 60.4 Å². The van der Waals surface area contributed by atoms with Crippen molar-refractivity contribution in [2.75, 3.05) is 40.0 Å². The molecule has 0 bridgehead atoms. The Balaban J connectivity index is 0.00000280. The lowest BCUT2D eigenvalue weighted by molar-refractivity contribution is -0.136. The third kappa shape index (κ3) is 5.30. The first-order valence-electron chi connectivity index (χ1n) is 9.21. The topological polar surface area (TPSA) is 60.0 Å². The molecule has 0 spiro atoms. The van der Waals surface area contributed by atoms with Gasteiger partial charge in [-0.25, -0.2) is 0 Å². The fraction of sp³-hybridized carbons (Fsp3) is 0.381. The molecule has 1 saturated heterocycles. The van der Waals surface area contributed by atoms with E-state index in [0.717, 1.165) is 23.6 Å². The molecule has 3 rings (SSSR count). The first kappa shape index (κ1) is 21.9. The fourth-order valence-corrected chi connectivity index (χ4v) is 3.25. The Morgan fingerprint density at radius 2 is 1.79 bits per heavy atom. The van der Waals surface area contributed by atoms with Gasteiger partial charge in [-0.3, -0.25) is 4.79 Å². The summed E-state index contributed by atoms with van der Waals surface area (Å²) < 4.78 is 16.6. The number of amides is 1. The number of carbonyl (C=O) groups is 1. The fourth-order valence-electron chi connectivity index (χ4n) is 3.25. The highest BCUT2D eigenvalue weighted by atomic mass is 35.5. The van der Waals surface area contributed by atoms with Gasteiger partial charge < -0.3 is 24.4 Å². The second-order valence-electron chi connectivity index (χ2n) is 6.24. The smallest absolute Gasteiger partial charge is 0.261 e. The van der Waals surface area contributed by atoms with E-state index in [1.165, 1.54) is 0 Å². The highest BCUT2D eigenvalue weighted by Gasteiger charge is 2.29. The third-order valence-corrected chi connectivity index (χ3v) is 4.56. The van der Waals surface area contributed by atoms with Crippen molar-refractivity contribution >= 4 is 18.3 Å². The molecule has 1 unspecified atom stereocenters. The molecule has 0 aromatic heterocycles. The molecule has 28 heavy (non-hydrogen) atoms. The van der Waals surface area contributed by atoms with Crippen LogP contribution in [0, 0.1) is 0 Å². The van der Waals surface area contributed by atoms with E-state index in [2.05, 4.69) is 5.32 Å². The monoisotopic (exact) mass is 406 g/mol. The molecular formula is C21H27ClN2O4. The molecule has 7 heteroatoms. The van der Waals surface area contributed by atoms with Crippen LogP contribution in [-0.2, 0) is 4.79 Å². The molecule has 1 aliphatic rings. The zero-order valence-electron chi connectivity index (χ0n) is 16.2. The molecule has 1 fully saturated rings. The molecule has 2 aromatic rings. The van der Waals surface area contributed by atoms with Gasteiger partial charge in [-0.2, -0.15) is 0 Å². The minimum Gasteiger partial charge on any atom is -0.496 e. The molecule has 0 aliphatic carbocycles. The maximum Gasteiger partial charge on any atom is 0.261 e. The van der Waals surface area contributed by atoms with Gasteiger partial charge in [0.05, 0.1) is 19.8 Å². The van der Waals surface area contributed by atoms with Crippen molar-refractivity contribution in [2.24, 2.45) is 0 Å². The highest BCUT2D eigenvalue weighted by Crippen LogP contribution is 2.30. The normalized spacial score (nSPS) is 16.1. The van der Waals surface area contributed by atoms with Crippen LogP contribution < -0.4 is 19.5 Å². The maximum atomic E-state index is 12.8. The summed E-state index contributed by atoms with van der Waals surface area (Å²) in [6.07, 6.45) is 0. The van der Waals surface area contributed by atoms with Gasteiger partial charge in [0.1, 0.15) is 17.2 Å². The van der Waals surface area contributed by atoms with Crippen LogP contribution in [-0.4, -0.2) is 50.8 Å². The lowest BCUT2D eigenvalue weighted by atomic mass is 10.0. The van der Waals surface area contributed by atoms with Gasteiger partial charge in [0.25, 0.3) is 5.91 Å². The molecule has 0 radical (unpaired) electrons. The van der Waals surface area contributed by atoms with Crippen LogP contribution in [0.5, 0.6) is 17.2 Å². The SMILES string of the molecule is CCOc1ccc(OCC(=O)N2CCNCC2c2ccccc2OC)cc1.Cl. The molecule has 2 aromatic carbocycles. The van der Waals surface area contributed by atoms with Crippen LogP contribution in [0.4, 0.5) is 0 Å². The van der Waals surface area contributed by atoms with Gasteiger partial charge in [-0.1, -0.05) is 18.2 Å². The van der Waals surface area contributed by atoms with Gasteiger partial charge in [0, 0.05) is 25.2 Å². The van der Waals surface area contributed by atoms with Gasteiger partial charge in [-0.15, -0.1) is 12.4 Å². The average Bonchev–Trinajstić information content (AvgIpc) is 2.73. The number of benzene rings is 2. The Bertz CT molecular complexity index is 754. The number of piperazine rings is 1. The van der Waals surface area contributed by atoms with E-state index in [0.29, 0.717) is 25.4 Å². The van der Waals surface area contributed by atoms with Crippen molar-refractivity contribution in [1.29, 1.82) is 0 Å². The summed E-state index contributed by atoms with van der Waals surface area (Å²) >= 11 is 0. The Labute approximate surface area is 172 Å². The highest BCUT2D eigenvalue weighted by molar-refractivity contribution is 5.85. The number of hydrogen-bond donors (Lipinski definition) is 1. The predicted molar refractivity (Wildman–Crippen MR) is 111 cm³/mol. The molecule has 1 N–H and O–H groups in total. The average molecular weight is 407 g/mol. The van der Waals surface area contributed by atoms with Crippen molar-refractivity contribution in [3.05, 3.63) is 54.1 Å². The van der Waals surface area contributed by atoms with Gasteiger partial charge in [0.2, 0.25) is 0 Å². The molecule has 0 saturated carbocycles. The van der Waals surface area contributed by atoms with Crippen molar-refractivity contribution in [3.63, 3.8) is 0 Å². The molecule has 1 atom stereocenters. The maximum absolute atomic E-state index is 12.8. The van der Waals surface area contributed by atoms with Crippen LogP contribution in [0.25, 0.3) is 0 Å². The van der Waals surface area contributed by atoms with Crippen LogP contribution in [0.2, 0.25) is 0 Å². The van der Waals surface area contributed by atoms with Crippen LogP contribution >= 0.6 is 12.4 Å². The number of nitrogens with zero attached hydrogens (tertiary/aromatic N) is 1. The number of halogens is 1. The number of para-hydroxylation sites is 1. The number of rotatable bonds is 7. The zero-order valence-corrected chi connectivity index (χ0v) is 17.0. The number of ether oxygens (including phenoxy) is 3. The Morgan fingerprint density at radius 1 is 1.11 bits per heavy atom. The summed E-state index contributed by atoms with van der Waals surface area (Å²) in [5.74, 6) is 2.18. The van der Waals surface area contributed by atoms with Crippen LogP contribution in [0.3, 0.4) is 0 Å². The summed E-state index contributed by atoms with van der Waals surface area (Å²) in [5, 5.41) is 3.36. The minimum atomic E-state index is -0.0775. The second-order valence-corrected chi connectivity index (χ2v) is 6.24. The number of carbonyl (C=O) groups excluding carboxylic acids is 1. The zero-order chi connectivity index (χ0) is 19.1. The summed E-state index contributed by atoms with van der Waals surface area (Å²) in [6, 6.07) is 15.0. The Hall–Kier alpha value is -2.44. The van der Waals surface area contributed by atoms with Gasteiger partial charge in [0.15, 0.2) is 6.61 Å². The minimum absolute atomic E-state index is 0. The van der Waals surface area contributed by atoms with Crippen molar-refractivity contribution in [3.8, 4) is 17.2 Å². The van der Waals surface area contributed by atoms with E-state index in [1.54, 1.807) is 7.11 Å². The van der Waals surface area contributed by atoms with Crippen LogP contribution in [0.1, 0.15) is 18.5 Å². The number of nitrogens with one attached hydrogen (secondary N) is 1. The summed E-state index contributed by atoms with van der Waals surface area (Å²) in [4.78, 5) is 14.7. The summed E-state index contributed by atoms with van der Waals surface area (Å²) in [6.45, 7) is 4.64. The van der Waals surface area contributed by atoms with E-state index >= 15 is 0 Å². The standard InChI is InChI=1S/C21H26N2O4.ClH/c1-3-26-16-8-10-17(11-9-16)27-15-21(24)23-13-12-22-14-19(23)18-6-4-5-7-20(18)25-2;/h4-11,19,22H,3,12-15H2,1-2H3;1H. The summed E-state index contributed by atoms with van der Waals surface area (Å²) in [7, 11) is 1.65. The second kappa shape index (κ2) is 10.8.